The molecule has 0 saturated carbocycles. The number of halogens is 2. The van der Waals surface area contributed by atoms with E-state index in [1.807, 2.05) is 18.2 Å². The van der Waals surface area contributed by atoms with Gasteiger partial charge in [-0.05, 0) is 39.7 Å². The molecule has 1 N–H and O–H groups in total. The molecule has 0 spiro atoms. The van der Waals surface area contributed by atoms with E-state index in [-0.39, 0.29) is 22.2 Å². The standard InChI is InChI=1S/C19H13BrFN3O2/c20-17-18(26-11-13-3-4-16(21)7-14(13)8-22)15(10-24-19(17)25)6-12-2-1-5-23-9-12/h1-5,7,9-10H,6,11H2,(H,24,25). The van der Waals surface area contributed by atoms with Gasteiger partial charge in [-0.15, -0.1) is 0 Å². The smallest absolute Gasteiger partial charge is 0.266 e. The molecule has 2 aromatic heterocycles. The number of hydrogen-bond donors (Lipinski definition) is 1. The Labute approximate surface area is 157 Å². The fourth-order valence-electron chi connectivity index (χ4n) is 2.46. The summed E-state index contributed by atoms with van der Waals surface area (Å²) < 4.78 is 19.4. The van der Waals surface area contributed by atoms with E-state index in [9.17, 15) is 9.18 Å². The summed E-state index contributed by atoms with van der Waals surface area (Å²) in [6, 6.07) is 9.61. The molecule has 0 aliphatic heterocycles. The molecule has 1 aromatic carbocycles. The van der Waals surface area contributed by atoms with Gasteiger partial charge in [0.1, 0.15) is 22.6 Å². The fraction of sp³-hybridized carbons (Fsp3) is 0.105. The number of nitrogens with zero attached hydrogens (tertiary/aromatic N) is 2. The average molecular weight is 414 g/mol. The minimum atomic E-state index is -0.486. The van der Waals surface area contributed by atoms with Crippen LogP contribution in [0.2, 0.25) is 0 Å². The third-order valence-corrected chi connectivity index (χ3v) is 4.47. The second kappa shape index (κ2) is 7.93. The van der Waals surface area contributed by atoms with Crippen LogP contribution in [-0.2, 0) is 13.0 Å². The topological polar surface area (TPSA) is 78.8 Å². The van der Waals surface area contributed by atoms with Gasteiger partial charge < -0.3 is 9.72 Å². The lowest BCUT2D eigenvalue weighted by atomic mass is 10.1. The molecule has 7 heteroatoms. The first-order valence-corrected chi connectivity index (χ1v) is 8.48. The zero-order chi connectivity index (χ0) is 18.5. The van der Waals surface area contributed by atoms with Crippen molar-refractivity contribution in [1.82, 2.24) is 9.97 Å². The highest BCUT2D eigenvalue weighted by atomic mass is 79.9. The Kier molecular flexibility index (Phi) is 5.44. The number of aromatic amines is 1. The molecule has 0 aliphatic rings. The van der Waals surface area contributed by atoms with Crippen molar-refractivity contribution >= 4 is 15.9 Å². The van der Waals surface area contributed by atoms with E-state index in [4.69, 9.17) is 10.00 Å². The van der Waals surface area contributed by atoms with Crippen LogP contribution in [0.3, 0.4) is 0 Å². The van der Waals surface area contributed by atoms with Gasteiger partial charge in [-0.25, -0.2) is 4.39 Å². The zero-order valence-electron chi connectivity index (χ0n) is 13.5. The van der Waals surface area contributed by atoms with Gasteiger partial charge in [0.2, 0.25) is 0 Å². The summed E-state index contributed by atoms with van der Waals surface area (Å²) in [5, 5.41) is 9.14. The number of pyridine rings is 2. The molecular weight excluding hydrogens is 401 g/mol. The molecular formula is C19H13BrFN3O2. The van der Waals surface area contributed by atoms with Crippen LogP contribution in [-0.4, -0.2) is 9.97 Å². The molecule has 0 atom stereocenters. The van der Waals surface area contributed by atoms with Crippen molar-refractivity contribution in [2.24, 2.45) is 0 Å². The largest absolute Gasteiger partial charge is 0.487 e. The SMILES string of the molecule is N#Cc1cc(F)ccc1COc1c(Cc2cccnc2)c[nH]c(=O)c1Br. The Morgan fingerprint density at radius 2 is 2.15 bits per heavy atom. The summed E-state index contributed by atoms with van der Waals surface area (Å²) in [6.45, 7) is 0.0330. The normalized spacial score (nSPS) is 10.3. The Hall–Kier alpha value is -2.98. The van der Waals surface area contributed by atoms with Gasteiger partial charge in [-0.1, -0.05) is 12.1 Å². The Balaban J connectivity index is 1.91. The fourth-order valence-corrected chi connectivity index (χ4v) is 2.95. The zero-order valence-corrected chi connectivity index (χ0v) is 15.1. The van der Waals surface area contributed by atoms with Gasteiger partial charge in [0, 0.05) is 36.1 Å². The third-order valence-electron chi connectivity index (χ3n) is 3.75. The molecule has 2 heterocycles. The highest BCUT2D eigenvalue weighted by Crippen LogP contribution is 2.28. The maximum absolute atomic E-state index is 13.3. The monoisotopic (exact) mass is 413 g/mol. The van der Waals surface area contributed by atoms with Gasteiger partial charge in [-0.3, -0.25) is 9.78 Å². The Bertz CT molecular complexity index is 1030. The minimum Gasteiger partial charge on any atom is -0.487 e. The molecule has 0 unspecified atom stereocenters. The second-order valence-electron chi connectivity index (χ2n) is 5.53. The second-order valence-corrected chi connectivity index (χ2v) is 6.32. The van der Waals surface area contributed by atoms with E-state index in [0.29, 0.717) is 17.7 Å². The van der Waals surface area contributed by atoms with Crippen molar-refractivity contribution in [2.45, 2.75) is 13.0 Å². The Morgan fingerprint density at radius 3 is 2.88 bits per heavy atom. The minimum absolute atomic E-state index is 0.0330. The molecule has 0 bridgehead atoms. The Morgan fingerprint density at radius 1 is 1.31 bits per heavy atom. The molecule has 3 rings (SSSR count). The molecule has 26 heavy (non-hydrogen) atoms. The number of ether oxygens (including phenoxy) is 1. The van der Waals surface area contributed by atoms with E-state index in [1.165, 1.54) is 12.1 Å². The summed E-state index contributed by atoms with van der Waals surface area (Å²) in [5.41, 5.74) is 2.11. The molecule has 0 fully saturated rings. The lowest BCUT2D eigenvalue weighted by Gasteiger charge is -2.13. The van der Waals surface area contributed by atoms with Gasteiger partial charge in [0.25, 0.3) is 5.56 Å². The molecule has 130 valence electrons. The maximum Gasteiger partial charge on any atom is 0.266 e. The van der Waals surface area contributed by atoms with Crippen LogP contribution in [0.25, 0.3) is 0 Å². The molecule has 0 saturated heterocycles. The van der Waals surface area contributed by atoms with Crippen LogP contribution in [0.4, 0.5) is 4.39 Å². The number of nitriles is 1. The first kappa shape index (κ1) is 17.8. The van der Waals surface area contributed by atoms with Crippen molar-refractivity contribution < 1.29 is 9.13 Å². The van der Waals surface area contributed by atoms with Gasteiger partial charge in [-0.2, -0.15) is 5.26 Å². The average Bonchev–Trinajstić information content (AvgIpc) is 2.66. The van der Waals surface area contributed by atoms with Crippen molar-refractivity contribution in [3.05, 3.63) is 91.8 Å². The first-order chi connectivity index (χ1) is 12.6. The lowest BCUT2D eigenvalue weighted by Crippen LogP contribution is -2.12. The van der Waals surface area contributed by atoms with E-state index < -0.39 is 5.82 Å². The van der Waals surface area contributed by atoms with Gasteiger partial charge >= 0.3 is 0 Å². The predicted octanol–water partition coefficient (Wildman–Crippen LogP) is 3.71. The summed E-state index contributed by atoms with van der Waals surface area (Å²) in [5.74, 6) is -0.106. The number of aromatic nitrogens is 2. The molecule has 5 nitrogen and oxygen atoms in total. The predicted molar refractivity (Wildman–Crippen MR) is 97.3 cm³/mol. The quantitative estimate of drug-likeness (QED) is 0.691. The number of benzene rings is 1. The van der Waals surface area contributed by atoms with Crippen LogP contribution in [0.1, 0.15) is 22.3 Å². The van der Waals surface area contributed by atoms with E-state index >= 15 is 0 Å². The van der Waals surface area contributed by atoms with Crippen LogP contribution < -0.4 is 10.3 Å². The highest BCUT2D eigenvalue weighted by Gasteiger charge is 2.14. The summed E-state index contributed by atoms with van der Waals surface area (Å²) in [4.78, 5) is 18.7. The van der Waals surface area contributed by atoms with Crippen LogP contribution in [0.5, 0.6) is 5.75 Å². The number of hydrogen-bond acceptors (Lipinski definition) is 4. The number of H-pyrrole nitrogens is 1. The van der Waals surface area contributed by atoms with Crippen molar-refractivity contribution in [3.8, 4) is 11.8 Å². The van der Waals surface area contributed by atoms with Crippen LogP contribution in [0, 0.1) is 17.1 Å². The van der Waals surface area contributed by atoms with E-state index in [1.54, 1.807) is 18.6 Å². The molecule has 0 aliphatic carbocycles. The summed E-state index contributed by atoms with van der Waals surface area (Å²) in [6.07, 6.45) is 5.51. The van der Waals surface area contributed by atoms with Crippen molar-refractivity contribution in [2.75, 3.05) is 0 Å². The summed E-state index contributed by atoms with van der Waals surface area (Å²) >= 11 is 3.26. The van der Waals surface area contributed by atoms with Gasteiger partial charge in [0.05, 0.1) is 11.6 Å². The molecule has 0 amide bonds. The molecule has 0 radical (unpaired) electrons. The highest BCUT2D eigenvalue weighted by molar-refractivity contribution is 9.10. The number of rotatable bonds is 5. The molecule has 3 aromatic rings. The third kappa shape index (κ3) is 3.98. The van der Waals surface area contributed by atoms with E-state index in [0.717, 1.165) is 17.2 Å². The first-order valence-electron chi connectivity index (χ1n) is 7.68. The summed E-state index contributed by atoms with van der Waals surface area (Å²) in [7, 11) is 0. The number of nitrogens with one attached hydrogen (secondary N) is 1. The van der Waals surface area contributed by atoms with Crippen molar-refractivity contribution in [3.63, 3.8) is 0 Å². The van der Waals surface area contributed by atoms with Gasteiger partial charge in [0.15, 0.2) is 0 Å². The van der Waals surface area contributed by atoms with Crippen LogP contribution >= 0.6 is 15.9 Å². The van der Waals surface area contributed by atoms with Crippen molar-refractivity contribution in [1.29, 1.82) is 5.26 Å². The maximum atomic E-state index is 13.3. The van der Waals surface area contributed by atoms with Crippen LogP contribution in [0.15, 0.2) is 58.2 Å². The lowest BCUT2D eigenvalue weighted by molar-refractivity contribution is 0.300. The van der Waals surface area contributed by atoms with E-state index in [2.05, 4.69) is 25.9 Å².